The molecule has 0 aliphatic rings. The summed E-state index contributed by atoms with van der Waals surface area (Å²) >= 11 is 0. The van der Waals surface area contributed by atoms with Gasteiger partial charge in [-0.2, -0.15) is 0 Å². The van der Waals surface area contributed by atoms with Gasteiger partial charge in [-0.15, -0.1) is 0 Å². The van der Waals surface area contributed by atoms with Crippen LogP contribution in [0.15, 0.2) is 0 Å². The Morgan fingerprint density at radius 3 is 2.27 bits per heavy atom. The van der Waals surface area contributed by atoms with Gasteiger partial charge in [0.25, 0.3) is 0 Å². The minimum Gasteiger partial charge on any atom is -0.393 e. The van der Waals surface area contributed by atoms with Crippen molar-refractivity contribution >= 4 is 0 Å². The molecule has 1 N–H and O–H groups in total. The minimum absolute atomic E-state index is 0.338. The molecule has 0 aromatic carbocycles. The van der Waals surface area contributed by atoms with E-state index in [4.69, 9.17) is 5.11 Å². The zero-order chi connectivity index (χ0) is 8.85. The quantitative estimate of drug-likeness (QED) is 0.654. The number of aliphatic hydroxyl groups excluding tert-OH is 1. The maximum absolute atomic E-state index is 12.6. The van der Waals surface area contributed by atoms with Crippen LogP contribution in [0.4, 0.5) is 4.39 Å². The predicted molar refractivity (Wildman–Crippen MR) is 44.4 cm³/mol. The van der Waals surface area contributed by atoms with Crippen LogP contribution in [0.1, 0.15) is 20.8 Å². The third kappa shape index (κ3) is 4.32. The van der Waals surface area contributed by atoms with E-state index in [2.05, 4.69) is 0 Å². The molecule has 2 nitrogen and oxygen atoms in total. The molecule has 3 heteroatoms. The molecule has 0 aliphatic heterocycles. The Morgan fingerprint density at radius 1 is 1.45 bits per heavy atom. The van der Waals surface area contributed by atoms with Crippen LogP contribution in [0.5, 0.6) is 0 Å². The Kier molecular flexibility index (Phi) is 5.42. The lowest BCUT2D eigenvalue weighted by atomic mass is 10.3. The van der Waals surface area contributed by atoms with Gasteiger partial charge in [0.15, 0.2) is 0 Å². The molecule has 0 radical (unpaired) electrons. The van der Waals surface area contributed by atoms with Gasteiger partial charge in [0.1, 0.15) is 6.17 Å². The molecule has 0 aliphatic carbocycles. The van der Waals surface area contributed by atoms with Crippen LogP contribution >= 0.6 is 0 Å². The molecule has 0 bridgehead atoms. The van der Waals surface area contributed by atoms with Crippen LogP contribution in [0.3, 0.4) is 0 Å². The van der Waals surface area contributed by atoms with E-state index in [9.17, 15) is 4.39 Å². The lowest BCUT2D eigenvalue weighted by Gasteiger charge is -2.25. The Bertz CT molecular complexity index is 98.1. The summed E-state index contributed by atoms with van der Waals surface area (Å²) < 4.78 is 12.6. The van der Waals surface area contributed by atoms with E-state index in [1.165, 1.54) is 0 Å². The molecule has 0 amide bonds. The van der Waals surface area contributed by atoms with Crippen LogP contribution in [0, 0.1) is 0 Å². The summed E-state index contributed by atoms with van der Waals surface area (Å²) in [4.78, 5) is 1.99. The third-order valence-corrected chi connectivity index (χ3v) is 1.77. The highest BCUT2D eigenvalue weighted by Gasteiger charge is 2.12. The van der Waals surface area contributed by atoms with Crippen LogP contribution in [0.25, 0.3) is 0 Å². The largest absolute Gasteiger partial charge is 0.393 e. The van der Waals surface area contributed by atoms with Crippen molar-refractivity contribution in [2.75, 3.05) is 19.7 Å². The average Bonchev–Trinajstić information content (AvgIpc) is 1.99. The standard InChI is InChI=1S/C8H18FNO/c1-4-10(7(2)3)5-8(9)6-11/h7-8,11H,4-6H2,1-3H3. The van der Waals surface area contributed by atoms with Gasteiger partial charge in [0.05, 0.1) is 6.61 Å². The molecule has 0 aromatic rings. The van der Waals surface area contributed by atoms with Crippen molar-refractivity contribution in [2.45, 2.75) is 33.0 Å². The zero-order valence-electron chi connectivity index (χ0n) is 7.55. The SMILES string of the molecule is CCN(CC(F)CO)C(C)C. The second-order valence-electron chi connectivity index (χ2n) is 2.96. The molecule has 0 saturated heterocycles. The molecule has 0 aromatic heterocycles. The van der Waals surface area contributed by atoms with Gasteiger partial charge in [-0.3, -0.25) is 4.90 Å². The van der Waals surface area contributed by atoms with Crippen molar-refractivity contribution in [3.8, 4) is 0 Å². The van der Waals surface area contributed by atoms with Gasteiger partial charge in [-0.1, -0.05) is 6.92 Å². The van der Waals surface area contributed by atoms with E-state index >= 15 is 0 Å². The maximum atomic E-state index is 12.6. The lowest BCUT2D eigenvalue weighted by Crippen LogP contribution is -2.37. The van der Waals surface area contributed by atoms with Crippen molar-refractivity contribution in [1.29, 1.82) is 0 Å². The van der Waals surface area contributed by atoms with Crippen LogP contribution < -0.4 is 0 Å². The van der Waals surface area contributed by atoms with Gasteiger partial charge in [-0.05, 0) is 20.4 Å². The highest BCUT2D eigenvalue weighted by molar-refractivity contribution is 4.65. The first-order chi connectivity index (χ1) is 5.11. The first kappa shape index (κ1) is 10.8. The second kappa shape index (κ2) is 5.49. The molecule has 0 heterocycles. The number of rotatable bonds is 5. The smallest absolute Gasteiger partial charge is 0.136 e. The van der Waals surface area contributed by atoms with Crippen molar-refractivity contribution in [2.24, 2.45) is 0 Å². The molecule has 0 fully saturated rings. The van der Waals surface area contributed by atoms with Crippen LogP contribution in [-0.4, -0.2) is 41.9 Å². The van der Waals surface area contributed by atoms with E-state index < -0.39 is 6.17 Å². The van der Waals surface area contributed by atoms with Gasteiger partial charge in [0.2, 0.25) is 0 Å². The van der Waals surface area contributed by atoms with Crippen LogP contribution in [0.2, 0.25) is 0 Å². The number of alkyl halides is 1. The lowest BCUT2D eigenvalue weighted by molar-refractivity contribution is 0.113. The number of aliphatic hydroxyl groups is 1. The summed E-state index contributed by atoms with van der Waals surface area (Å²) in [7, 11) is 0. The molecular formula is C8H18FNO. The van der Waals surface area contributed by atoms with E-state index in [0.29, 0.717) is 12.6 Å². The van der Waals surface area contributed by atoms with Crippen molar-refractivity contribution < 1.29 is 9.50 Å². The summed E-state index contributed by atoms with van der Waals surface area (Å²) in [5.74, 6) is 0. The monoisotopic (exact) mass is 163 g/mol. The molecular weight excluding hydrogens is 145 g/mol. The number of hydrogen-bond donors (Lipinski definition) is 1. The summed E-state index contributed by atoms with van der Waals surface area (Å²) in [6.45, 7) is 6.83. The van der Waals surface area contributed by atoms with Crippen molar-refractivity contribution in [1.82, 2.24) is 4.90 Å². The molecule has 0 spiro atoms. The Labute approximate surface area is 68.0 Å². The molecule has 0 saturated carbocycles. The normalized spacial score (nSPS) is 14.5. The number of hydrogen-bond acceptors (Lipinski definition) is 2. The van der Waals surface area contributed by atoms with E-state index in [0.717, 1.165) is 6.54 Å². The molecule has 11 heavy (non-hydrogen) atoms. The zero-order valence-corrected chi connectivity index (χ0v) is 7.55. The Balaban J connectivity index is 3.68. The van der Waals surface area contributed by atoms with E-state index in [-0.39, 0.29) is 6.61 Å². The minimum atomic E-state index is -1.10. The molecule has 0 rings (SSSR count). The van der Waals surface area contributed by atoms with Crippen molar-refractivity contribution in [3.63, 3.8) is 0 Å². The molecule has 1 atom stereocenters. The Hall–Kier alpha value is -0.150. The van der Waals surface area contributed by atoms with Gasteiger partial charge < -0.3 is 5.11 Å². The maximum Gasteiger partial charge on any atom is 0.136 e. The highest BCUT2D eigenvalue weighted by Crippen LogP contribution is 2.01. The number of halogens is 1. The highest BCUT2D eigenvalue weighted by atomic mass is 19.1. The molecule has 68 valence electrons. The third-order valence-electron chi connectivity index (χ3n) is 1.77. The fraction of sp³-hybridized carbons (Fsp3) is 1.00. The van der Waals surface area contributed by atoms with Crippen molar-refractivity contribution in [3.05, 3.63) is 0 Å². The molecule has 1 unspecified atom stereocenters. The first-order valence-electron chi connectivity index (χ1n) is 4.10. The van der Waals surface area contributed by atoms with Gasteiger partial charge in [0, 0.05) is 12.6 Å². The number of nitrogens with zero attached hydrogens (tertiary/aromatic N) is 1. The summed E-state index contributed by atoms with van der Waals surface area (Å²) in [6.07, 6.45) is -1.10. The summed E-state index contributed by atoms with van der Waals surface area (Å²) in [5, 5.41) is 8.46. The van der Waals surface area contributed by atoms with Crippen LogP contribution in [-0.2, 0) is 0 Å². The second-order valence-corrected chi connectivity index (χ2v) is 2.96. The van der Waals surface area contributed by atoms with Gasteiger partial charge >= 0.3 is 0 Å². The topological polar surface area (TPSA) is 23.5 Å². The van der Waals surface area contributed by atoms with E-state index in [1.807, 2.05) is 25.7 Å². The first-order valence-corrected chi connectivity index (χ1v) is 4.10. The fourth-order valence-corrected chi connectivity index (χ4v) is 1.02. The predicted octanol–water partition coefficient (Wildman–Crippen LogP) is 1.05. The summed E-state index contributed by atoms with van der Waals surface area (Å²) in [5.41, 5.74) is 0. The average molecular weight is 163 g/mol. The van der Waals surface area contributed by atoms with E-state index in [1.54, 1.807) is 0 Å². The fourth-order valence-electron chi connectivity index (χ4n) is 1.02. The summed E-state index contributed by atoms with van der Waals surface area (Å²) in [6, 6.07) is 0.352. The Morgan fingerprint density at radius 2 is 2.00 bits per heavy atom. The van der Waals surface area contributed by atoms with Gasteiger partial charge in [-0.25, -0.2) is 4.39 Å².